The van der Waals surface area contributed by atoms with Crippen LogP contribution in [0, 0.1) is 0 Å². The van der Waals surface area contributed by atoms with Crippen LogP contribution in [0.25, 0.3) is 0 Å². The van der Waals surface area contributed by atoms with E-state index in [0.717, 1.165) is 36.5 Å². The van der Waals surface area contributed by atoms with Gasteiger partial charge in [0.25, 0.3) is 9.84 Å². The van der Waals surface area contributed by atoms with E-state index in [2.05, 4.69) is 42.5 Å². The number of anilines is 2. The van der Waals surface area contributed by atoms with Crippen molar-refractivity contribution in [3.63, 3.8) is 0 Å². The molecule has 176 valence electrons. The molecule has 1 saturated heterocycles. The van der Waals surface area contributed by atoms with Crippen LogP contribution in [0.15, 0.2) is 47.6 Å². The molecule has 1 fully saturated rings. The van der Waals surface area contributed by atoms with Crippen molar-refractivity contribution >= 4 is 21.2 Å². The number of halogens is 3. The largest absolute Gasteiger partial charge is 0.501 e. The number of benzene rings is 1. The quantitative estimate of drug-likeness (QED) is 0.602. The summed E-state index contributed by atoms with van der Waals surface area (Å²) in [5.74, 6) is 0. The third kappa shape index (κ3) is 4.71. The van der Waals surface area contributed by atoms with Crippen LogP contribution in [0.5, 0.6) is 0 Å². The van der Waals surface area contributed by atoms with Gasteiger partial charge in [-0.3, -0.25) is 9.88 Å². The first-order valence-electron chi connectivity index (χ1n) is 10.5. The van der Waals surface area contributed by atoms with E-state index in [1.165, 1.54) is 12.1 Å². The van der Waals surface area contributed by atoms with Crippen LogP contribution < -0.4 is 9.80 Å². The fraction of sp³-hybridized carbons (Fsp3) is 0.500. The van der Waals surface area contributed by atoms with Gasteiger partial charge in [-0.25, -0.2) is 8.42 Å². The standard InChI is InChI=1S/C22H29F3N4O2S/c1-5-27(6-2)20-13-26-12-11-17(20)14-29-16-28(15-21(29,3)4)18-7-9-19(10-8-18)32(30,31)22(23,24)25/h7-13H,5-6,14-16H2,1-4H3. The molecule has 2 heterocycles. The number of alkyl halides is 3. The molecule has 0 atom stereocenters. The Morgan fingerprint density at radius 1 is 1.09 bits per heavy atom. The highest BCUT2D eigenvalue weighted by molar-refractivity contribution is 7.92. The molecule has 10 heteroatoms. The third-order valence-electron chi connectivity index (χ3n) is 5.95. The summed E-state index contributed by atoms with van der Waals surface area (Å²) in [4.78, 5) is 10.1. The molecule has 0 unspecified atom stereocenters. The average molecular weight is 471 g/mol. The zero-order valence-corrected chi connectivity index (χ0v) is 19.5. The normalized spacial score (nSPS) is 17.0. The van der Waals surface area contributed by atoms with Crippen LogP contribution in [0.1, 0.15) is 33.3 Å². The first kappa shape index (κ1) is 24.3. The van der Waals surface area contributed by atoms with E-state index < -0.39 is 20.2 Å². The molecule has 1 aliphatic rings. The van der Waals surface area contributed by atoms with E-state index in [1.807, 2.05) is 17.2 Å². The van der Waals surface area contributed by atoms with Crippen LogP contribution in [-0.4, -0.2) is 55.7 Å². The van der Waals surface area contributed by atoms with Crippen molar-refractivity contribution in [2.24, 2.45) is 0 Å². The van der Waals surface area contributed by atoms with E-state index in [4.69, 9.17) is 0 Å². The van der Waals surface area contributed by atoms with Crippen molar-refractivity contribution < 1.29 is 21.6 Å². The minimum Gasteiger partial charge on any atom is -0.371 e. The summed E-state index contributed by atoms with van der Waals surface area (Å²) in [6.07, 6.45) is 3.66. The van der Waals surface area contributed by atoms with E-state index in [9.17, 15) is 21.6 Å². The molecule has 32 heavy (non-hydrogen) atoms. The molecule has 0 aliphatic carbocycles. The number of nitrogens with zero attached hydrogens (tertiary/aromatic N) is 4. The second-order valence-electron chi connectivity index (χ2n) is 8.47. The van der Waals surface area contributed by atoms with Crippen molar-refractivity contribution in [3.8, 4) is 0 Å². The van der Waals surface area contributed by atoms with Gasteiger partial charge in [0, 0.05) is 43.6 Å². The molecule has 0 saturated carbocycles. The Labute approximate surface area is 187 Å². The SMILES string of the molecule is CCN(CC)c1cnccc1CN1CN(c2ccc(S(=O)(=O)C(F)(F)F)cc2)CC1(C)C. The lowest BCUT2D eigenvalue weighted by Crippen LogP contribution is -2.40. The van der Waals surface area contributed by atoms with Gasteiger partial charge in [-0.1, -0.05) is 0 Å². The third-order valence-corrected chi connectivity index (χ3v) is 7.45. The smallest absolute Gasteiger partial charge is 0.371 e. The minimum absolute atomic E-state index is 0.194. The molecule has 0 radical (unpaired) electrons. The summed E-state index contributed by atoms with van der Waals surface area (Å²) < 4.78 is 61.7. The molecular weight excluding hydrogens is 441 g/mol. The van der Waals surface area contributed by atoms with E-state index in [0.29, 0.717) is 25.4 Å². The highest BCUT2D eigenvalue weighted by Gasteiger charge is 2.47. The molecule has 0 bridgehead atoms. The minimum atomic E-state index is -5.35. The predicted molar refractivity (Wildman–Crippen MR) is 119 cm³/mol. The summed E-state index contributed by atoms with van der Waals surface area (Å²) in [5, 5.41) is 0. The van der Waals surface area contributed by atoms with E-state index >= 15 is 0 Å². The van der Waals surface area contributed by atoms with Crippen LogP contribution in [0.3, 0.4) is 0 Å². The Hall–Kier alpha value is -2.33. The van der Waals surface area contributed by atoms with Crippen LogP contribution in [-0.2, 0) is 16.4 Å². The van der Waals surface area contributed by atoms with Crippen molar-refractivity contribution in [2.75, 3.05) is 36.1 Å². The first-order chi connectivity index (χ1) is 14.9. The van der Waals surface area contributed by atoms with Crippen molar-refractivity contribution in [3.05, 3.63) is 48.3 Å². The van der Waals surface area contributed by atoms with Crippen LogP contribution in [0.2, 0.25) is 0 Å². The topological polar surface area (TPSA) is 56.8 Å². The molecule has 1 aromatic heterocycles. The van der Waals surface area contributed by atoms with Gasteiger partial charge in [0.1, 0.15) is 0 Å². The average Bonchev–Trinajstić information content (AvgIpc) is 3.03. The number of rotatable bonds is 7. The van der Waals surface area contributed by atoms with Gasteiger partial charge in [0.2, 0.25) is 0 Å². The second kappa shape index (κ2) is 8.90. The molecular formula is C22H29F3N4O2S. The molecule has 2 aromatic rings. The maximum atomic E-state index is 12.8. The van der Waals surface area contributed by atoms with E-state index in [1.54, 1.807) is 6.20 Å². The second-order valence-corrected chi connectivity index (χ2v) is 10.4. The van der Waals surface area contributed by atoms with Gasteiger partial charge in [-0.2, -0.15) is 13.2 Å². The Bertz CT molecular complexity index is 1040. The van der Waals surface area contributed by atoms with Crippen molar-refractivity contribution in [2.45, 2.75) is 50.2 Å². The van der Waals surface area contributed by atoms with Crippen molar-refractivity contribution in [1.82, 2.24) is 9.88 Å². The summed E-state index contributed by atoms with van der Waals surface area (Å²) in [6, 6.07) is 6.94. The van der Waals surface area contributed by atoms with E-state index in [-0.39, 0.29) is 5.54 Å². The summed E-state index contributed by atoms with van der Waals surface area (Å²) in [6.45, 7) is 12.1. The van der Waals surface area contributed by atoms with Gasteiger partial charge >= 0.3 is 5.51 Å². The Morgan fingerprint density at radius 2 is 1.72 bits per heavy atom. The maximum absolute atomic E-state index is 12.8. The molecule has 6 nitrogen and oxygen atoms in total. The number of aromatic nitrogens is 1. The number of sulfone groups is 1. The highest BCUT2D eigenvalue weighted by Crippen LogP contribution is 2.34. The summed E-state index contributed by atoms with van der Waals surface area (Å²) >= 11 is 0. The first-order valence-corrected chi connectivity index (χ1v) is 12.0. The predicted octanol–water partition coefficient (Wildman–Crippen LogP) is 4.28. The monoisotopic (exact) mass is 470 g/mol. The zero-order valence-electron chi connectivity index (χ0n) is 18.7. The van der Waals surface area contributed by atoms with Gasteiger partial charge < -0.3 is 9.80 Å². The number of hydrogen-bond donors (Lipinski definition) is 0. The Balaban J connectivity index is 1.81. The fourth-order valence-electron chi connectivity index (χ4n) is 4.02. The lowest BCUT2D eigenvalue weighted by Gasteiger charge is -2.31. The molecule has 3 rings (SSSR count). The molecule has 1 aromatic carbocycles. The van der Waals surface area contributed by atoms with Crippen LogP contribution in [0.4, 0.5) is 24.5 Å². The van der Waals surface area contributed by atoms with Crippen molar-refractivity contribution in [1.29, 1.82) is 0 Å². The number of pyridine rings is 1. The lowest BCUT2D eigenvalue weighted by atomic mass is 10.0. The fourth-order valence-corrected chi connectivity index (χ4v) is 4.79. The zero-order chi connectivity index (χ0) is 23.7. The van der Waals surface area contributed by atoms with Gasteiger partial charge in [0.15, 0.2) is 0 Å². The highest BCUT2D eigenvalue weighted by atomic mass is 32.2. The summed E-state index contributed by atoms with van der Waals surface area (Å²) in [5.41, 5.74) is -2.58. The molecule has 0 amide bonds. The molecule has 0 N–H and O–H groups in total. The molecule has 0 spiro atoms. The maximum Gasteiger partial charge on any atom is 0.501 e. The lowest BCUT2D eigenvalue weighted by molar-refractivity contribution is -0.0436. The van der Waals surface area contributed by atoms with Gasteiger partial charge in [0.05, 0.1) is 23.4 Å². The van der Waals surface area contributed by atoms with Crippen LogP contribution >= 0.6 is 0 Å². The number of hydrogen-bond acceptors (Lipinski definition) is 6. The van der Waals surface area contributed by atoms with Gasteiger partial charge in [-0.15, -0.1) is 0 Å². The molecule has 1 aliphatic heterocycles. The Morgan fingerprint density at radius 3 is 2.28 bits per heavy atom. The van der Waals surface area contributed by atoms with Gasteiger partial charge in [-0.05, 0) is 63.6 Å². The summed E-state index contributed by atoms with van der Waals surface area (Å²) in [7, 11) is -5.35. The Kier molecular flexibility index (Phi) is 6.76.